The summed E-state index contributed by atoms with van der Waals surface area (Å²) in [5.41, 5.74) is 6.47. The average Bonchev–Trinajstić information content (AvgIpc) is 2.98. The number of rotatable bonds is 14. The van der Waals surface area contributed by atoms with E-state index in [-0.39, 0.29) is 28.8 Å². The Morgan fingerprint density at radius 3 is 2.07 bits per heavy atom. The van der Waals surface area contributed by atoms with E-state index < -0.39 is 72.7 Å². The predicted molar refractivity (Wildman–Crippen MR) is 161 cm³/mol. The van der Waals surface area contributed by atoms with Crippen LogP contribution in [0.5, 0.6) is 0 Å². The fraction of sp³-hybridized carbons (Fsp3) is 0.400. The van der Waals surface area contributed by atoms with Gasteiger partial charge in [0.05, 0.1) is 34.7 Å². The molecule has 238 valence electrons. The van der Waals surface area contributed by atoms with Crippen LogP contribution in [0.4, 0.5) is 4.79 Å². The number of nitrogens with zero attached hydrogens (tertiary/aromatic N) is 1. The molecule has 0 radical (unpaired) electrons. The Morgan fingerprint density at radius 1 is 0.886 bits per heavy atom. The third kappa shape index (κ3) is 10.3. The molecule has 3 amide bonds. The number of nitrogens with two attached hydrogens (primary N) is 1. The Balaban J connectivity index is 2.25. The number of nitrogens with one attached hydrogen (secondary N) is 1. The van der Waals surface area contributed by atoms with Gasteiger partial charge in [-0.25, -0.2) is 14.5 Å². The van der Waals surface area contributed by atoms with Crippen molar-refractivity contribution in [3.8, 4) is 0 Å². The molecule has 2 rings (SSSR count). The summed E-state index contributed by atoms with van der Waals surface area (Å²) in [6.45, 7) is 5.02. The maximum absolute atomic E-state index is 13.4. The van der Waals surface area contributed by atoms with Crippen LogP contribution in [0.15, 0.2) is 48.5 Å². The van der Waals surface area contributed by atoms with Gasteiger partial charge in [-0.1, -0.05) is 73.4 Å². The van der Waals surface area contributed by atoms with Crippen LogP contribution >= 0.6 is 23.2 Å². The first-order chi connectivity index (χ1) is 20.8. The molecule has 0 aliphatic carbocycles. The molecular formula is C30H35Cl2N3O9. The van der Waals surface area contributed by atoms with Crippen LogP contribution in [0.3, 0.4) is 0 Å². The van der Waals surface area contributed by atoms with Gasteiger partial charge in [-0.3, -0.25) is 19.2 Å². The molecular weight excluding hydrogens is 617 g/mol. The number of imide groups is 1. The molecule has 0 bridgehead atoms. The number of carbonyl (C=O) groups excluding carboxylic acids is 6. The fourth-order valence-electron chi connectivity index (χ4n) is 3.72. The van der Waals surface area contributed by atoms with Crippen molar-refractivity contribution in [3.63, 3.8) is 0 Å². The smallest absolute Gasteiger partial charge is 0.417 e. The van der Waals surface area contributed by atoms with Gasteiger partial charge in [0, 0.05) is 0 Å². The van der Waals surface area contributed by atoms with Crippen molar-refractivity contribution in [3.05, 3.63) is 69.7 Å². The van der Waals surface area contributed by atoms with Crippen molar-refractivity contribution in [1.82, 2.24) is 10.2 Å². The summed E-state index contributed by atoms with van der Waals surface area (Å²) in [7, 11) is 0. The number of ketones is 1. The quantitative estimate of drug-likeness (QED) is 0.227. The van der Waals surface area contributed by atoms with Crippen molar-refractivity contribution in [2.24, 2.45) is 11.7 Å². The van der Waals surface area contributed by atoms with Crippen LogP contribution in [-0.4, -0.2) is 71.9 Å². The van der Waals surface area contributed by atoms with Crippen LogP contribution in [0.25, 0.3) is 0 Å². The lowest BCUT2D eigenvalue weighted by Crippen LogP contribution is -2.58. The number of halogens is 2. The lowest BCUT2D eigenvalue weighted by molar-refractivity contribution is -0.146. The molecule has 0 spiro atoms. The lowest BCUT2D eigenvalue weighted by Gasteiger charge is -2.30. The zero-order valence-corrected chi connectivity index (χ0v) is 26.2. The SMILES string of the molecule is CCOC(=O)C[C@@H](NC(=O)[C@H](C)N(C(=O)OCc1ccccc1)C(=O)[C@@H](N)C(C)C)C(=O)COC(=O)c1c(Cl)cccc1Cl. The minimum Gasteiger partial charge on any atom is -0.466 e. The largest absolute Gasteiger partial charge is 0.466 e. The Bertz CT molecular complexity index is 1330. The molecule has 0 unspecified atom stereocenters. The molecule has 0 saturated carbocycles. The van der Waals surface area contributed by atoms with Gasteiger partial charge < -0.3 is 25.3 Å². The normalized spacial score (nSPS) is 12.8. The van der Waals surface area contributed by atoms with Gasteiger partial charge in [0.15, 0.2) is 12.4 Å². The van der Waals surface area contributed by atoms with Gasteiger partial charge in [-0.2, -0.15) is 0 Å². The van der Waals surface area contributed by atoms with E-state index in [9.17, 15) is 28.8 Å². The Morgan fingerprint density at radius 2 is 1.50 bits per heavy atom. The highest BCUT2D eigenvalue weighted by Crippen LogP contribution is 2.25. The van der Waals surface area contributed by atoms with Gasteiger partial charge in [-0.15, -0.1) is 0 Å². The third-order valence-corrected chi connectivity index (χ3v) is 6.93. The molecule has 14 heteroatoms. The van der Waals surface area contributed by atoms with Gasteiger partial charge in [0.1, 0.15) is 18.7 Å². The molecule has 3 atom stereocenters. The number of Topliss-reactive ketones (excluding diaryl/α,β-unsaturated/α-hetero) is 1. The number of carbonyl (C=O) groups is 6. The second kappa shape index (κ2) is 17.3. The third-order valence-electron chi connectivity index (χ3n) is 6.30. The first kappa shape index (κ1) is 36.2. The van der Waals surface area contributed by atoms with Gasteiger partial charge in [-0.05, 0) is 37.5 Å². The van der Waals surface area contributed by atoms with Gasteiger partial charge in [0.25, 0.3) is 0 Å². The molecule has 0 aliphatic heterocycles. The van der Waals surface area contributed by atoms with E-state index in [1.807, 2.05) is 0 Å². The number of hydrogen-bond donors (Lipinski definition) is 2. The standard InChI is InChI=1S/C30H35Cl2N3O9/c1-5-42-24(37)14-22(23(36)16-43-29(40)25-20(31)12-9-13-21(25)32)34-27(38)18(4)35(28(39)26(33)17(2)3)30(41)44-15-19-10-7-6-8-11-19/h6-13,17-18,22,26H,5,14-16,33H2,1-4H3,(H,34,38)/t18-,22+,26-/m0/s1. The topological polar surface area (TPSA) is 171 Å². The Hall–Kier alpha value is -4.00. The number of hydrogen-bond acceptors (Lipinski definition) is 10. The number of benzene rings is 2. The lowest BCUT2D eigenvalue weighted by atomic mass is 10.0. The second-order valence-corrected chi connectivity index (χ2v) is 10.7. The molecule has 2 aromatic rings. The van der Waals surface area contributed by atoms with Crippen LogP contribution in [0, 0.1) is 5.92 Å². The average molecular weight is 653 g/mol. The molecule has 0 aliphatic rings. The highest BCUT2D eigenvalue weighted by atomic mass is 35.5. The second-order valence-electron chi connectivity index (χ2n) is 9.90. The number of esters is 2. The van der Waals surface area contributed by atoms with Crippen LogP contribution < -0.4 is 11.1 Å². The monoisotopic (exact) mass is 651 g/mol. The maximum atomic E-state index is 13.4. The fourth-order valence-corrected chi connectivity index (χ4v) is 4.27. The summed E-state index contributed by atoms with van der Waals surface area (Å²) in [4.78, 5) is 78.2. The Kier molecular flexibility index (Phi) is 14.3. The highest BCUT2D eigenvalue weighted by molar-refractivity contribution is 6.39. The van der Waals surface area contributed by atoms with Crippen LogP contribution in [-0.2, 0) is 40.0 Å². The molecule has 44 heavy (non-hydrogen) atoms. The summed E-state index contributed by atoms with van der Waals surface area (Å²) >= 11 is 12.0. The van der Waals surface area contributed by atoms with E-state index in [0.717, 1.165) is 0 Å². The van der Waals surface area contributed by atoms with Crippen molar-refractivity contribution in [1.29, 1.82) is 0 Å². The highest BCUT2D eigenvalue weighted by Gasteiger charge is 2.38. The van der Waals surface area contributed by atoms with E-state index in [1.165, 1.54) is 25.1 Å². The van der Waals surface area contributed by atoms with E-state index >= 15 is 0 Å². The van der Waals surface area contributed by atoms with Crippen molar-refractivity contribution >= 4 is 58.8 Å². The molecule has 0 heterocycles. The Labute approximate surface area is 265 Å². The van der Waals surface area contributed by atoms with E-state index in [1.54, 1.807) is 51.1 Å². The summed E-state index contributed by atoms with van der Waals surface area (Å²) < 4.78 is 15.3. The maximum Gasteiger partial charge on any atom is 0.417 e. The zero-order valence-electron chi connectivity index (χ0n) is 24.7. The van der Waals surface area contributed by atoms with Crippen LogP contribution in [0.2, 0.25) is 10.0 Å². The summed E-state index contributed by atoms with van der Waals surface area (Å²) in [5, 5.41) is 2.33. The minimum atomic E-state index is -1.56. The number of ether oxygens (including phenoxy) is 3. The molecule has 2 aromatic carbocycles. The van der Waals surface area contributed by atoms with Gasteiger partial charge >= 0.3 is 18.0 Å². The van der Waals surface area contributed by atoms with E-state index in [0.29, 0.717) is 10.5 Å². The molecule has 0 saturated heterocycles. The van der Waals surface area contributed by atoms with Crippen molar-refractivity contribution in [2.45, 2.75) is 58.8 Å². The van der Waals surface area contributed by atoms with Crippen LogP contribution in [0.1, 0.15) is 50.0 Å². The van der Waals surface area contributed by atoms with Crippen molar-refractivity contribution in [2.75, 3.05) is 13.2 Å². The first-order valence-electron chi connectivity index (χ1n) is 13.7. The summed E-state index contributed by atoms with van der Waals surface area (Å²) in [6.07, 6.45) is -1.77. The van der Waals surface area contributed by atoms with E-state index in [2.05, 4.69) is 5.32 Å². The summed E-state index contributed by atoms with van der Waals surface area (Å²) in [6, 6.07) is 8.71. The first-order valence-corrected chi connectivity index (χ1v) is 14.4. The van der Waals surface area contributed by atoms with Crippen molar-refractivity contribution < 1.29 is 43.0 Å². The zero-order chi connectivity index (χ0) is 33.0. The summed E-state index contributed by atoms with van der Waals surface area (Å²) in [5.74, 6) is -5.02. The predicted octanol–water partition coefficient (Wildman–Crippen LogP) is 3.69. The molecule has 0 fully saturated rings. The molecule has 0 aromatic heterocycles. The van der Waals surface area contributed by atoms with Gasteiger partial charge in [0.2, 0.25) is 11.8 Å². The van der Waals surface area contributed by atoms with E-state index in [4.69, 9.17) is 43.1 Å². The molecule has 12 nitrogen and oxygen atoms in total. The minimum absolute atomic E-state index is 0.00723. The number of amides is 3. The molecule has 3 N–H and O–H groups in total.